The number of allylic oxidation sites excluding steroid dienone is 5. The number of fused-ring (bicyclic) bond motifs is 7. The molecule has 0 radical (unpaired) electrons. The van der Waals surface area contributed by atoms with Gasteiger partial charge in [0.25, 0.3) is 0 Å². The summed E-state index contributed by atoms with van der Waals surface area (Å²) in [5, 5.41) is 41.1. The largest absolute Gasteiger partial charge is 0.471 e. The van der Waals surface area contributed by atoms with Gasteiger partial charge in [0.15, 0.2) is 16.8 Å². The van der Waals surface area contributed by atoms with Gasteiger partial charge in [0.05, 0.1) is 48.4 Å². The van der Waals surface area contributed by atoms with Gasteiger partial charge in [-0.3, -0.25) is 9.79 Å². The SMILES string of the molecule is CC1=CC(C)(C)N(CCO)c2ccc(/C=C(\C#N)c3nc4ccccc4o3)cc21.CC1=CC(C)(C)N(CCO)c2ccc(C=O)cc21.CC1=CC(C)(C)N(CCOC(=O)NCc2ccc(COc3nc(N)nc4c3N=CC4)cc2)c2ccc(/C=C(\C#N)c3nc4ccccc4o3)cc21.NCc1ccc(COc2nc(N)nc3nc[nH]c23)cc1. The number of aldehydes is 1. The van der Waals surface area contributed by atoms with Crippen molar-refractivity contribution in [2.75, 3.05) is 65.6 Å². The van der Waals surface area contributed by atoms with Gasteiger partial charge in [0, 0.05) is 78.1 Å². The van der Waals surface area contributed by atoms with Crippen LogP contribution >= 0.6 is 0 Å². The molecule has 12 aromatic rings. The number of para-hydroxylation sites is 4. The molecule has 7 aromatic carbocycles. The Balaban J connectivity index is 0.000000151. The number of imidazole rings is 1. The number of H-pyrrole nitrogens is 1. The predicted octanol–water partition coefficient (Wildman–Crippen LogP) is 15.4. The topological polar surface area (TPSA) is 394 Å². The average Bonchev–Trinajstić information content (AvgIpc) is 1.07. The summed E-state index contributed by atoms with van der Waals surface area (Å²) in [5.41, 5.74) is 38.6. The Hall–Kier alpha value is -14.1. The third kappa shape index (κ3) is 18.8. The second-order valence-corrected chi connectivity index (χ2v) is 30.2. The van der Waals surface area contributed by atoms with Gasteiger partial charge in [0.1, 0.15) is 71.6 Å². The summed E-state index contributed by atoms with van der Waals surface area (Å²) in [6.45, 7) is 22.6. The zero-order chi connectivity index (χ0) is 83.4. The molecule has 9 heterocycles. The maximum atomic E-state index is 12.7. The fourth-order valence-electron chi connectivity index (χ4n) is 14.9. The first-order chi connectivity index (χ1) is 56.8. The van der Waals surface area contributed by atoms with Crippen LogP contribution in [0.25, 0.3) is 73.4 Å². The van der Waals surface area contributed by atoms with Crippen molar-refractivity contribution in [3.05, 3.63) is 249 Å². The number of rotatable bonds is 21. The molecule has 27 heteroatoms. The van der Waals surface area contributed by atoms with E-state index in [0.29, 0.717) is 114 Å². The van der Waals surface area contributed by atoms with Gasteiger partial charge in [-0.05, 0) is 191 Å². The predicted molar refractivity (Wildman–Crippen MR) is 461 cm³/mol. The number of hydrogen-bond acceptors (Lipinski definition) is 25. The van der Waals surface area contributed by atoms with Gasteiger partial charge in [0.2, 0.25) is 35.4 Å². The summed E-state index contributed by atoms with van der Waals surface area (Å²) >= 11 is 0. The van der Waals surface area contributed by atoms with Crippen LogP contribution in [-0.2, 0) is 37.5 Å². The Bertz CT molecular complexity index is 5950. The number of carbonyl (C=O) groups is 2. The molecule has 4 aliphatic rings. The molecule has 0 fully saturated rings. The van der Waals surface area contributed by atoms with E-state index in [4.69, 9.17) is 40.2 Å². The standard InChI is InChI=1S/C39H36N8O4.C24H23N3O2.C15H19NO2.C13H14N6O/c1-24-20-39(2,3)47(32-13-12-27(19-29(24)32)18-28(21-40)35-44-30-6-4-5-7-33(30)51-35)16-17-49-38(48)43-22-25-8-10-26(11-9-25)23-50-36-34-31(14-15-42-34)45-37(41)46-36;1-16-14-24(2,3)27(10-11-28)21-9-8-17(13-19(16)21)12-18(15-25)23-26-20-6-4-5-7-22(20)29-23;1-11-9-15(2,3)16(6-7-17)14-5-4-12(10-18)8-13(11)14;14-5-8-1-3-9(4-2-8)6-20-12-10-11(17-7-16-10)18-13(15)19-12/h4-13,15,18-20H,14,16-17,22-23H2,1-3H3,(H,43,48)(H2,41,45,46);4-9,12-14,28H,10-11H2,1-3H3;4-5,8-10,17H,6-7H2,1-3H3;1-4,7H,5-6,14H2,(H3,15,16,17,18,19)/b28-18+;18-12+;;. The number of anilines is 5. The first kappa shape index (κ1) is 81.9. The van der Waals surface area contributed by atoms with Crippen LogP contribution in [0.15, 0.2) is 190 Å². The Morgan fingerprint density at radius 2 is 1.04 bits per heavy atom. The highest BCUT2D eigenvalue weighted by Gasteiger charge is 2.34. The number of aromatic amines is 1. The highest BCUT2D eigenvalue weighted by atomic mass is 16.5. The number of nitriles is 2. The van der Waals surface area contributed by atoms with Crippen LogP contribution in [0.4, 0.5) is 39.4 Å². The minimum atomic E-state index is -0.497. The van der Waals surface area contributed by atoms with E-state index in [1.807, 2.05) is 133 Å². The average molecular weight is 1580 g/mol. The second kappa shape index (κ2) is 35.7. The van der Waals surface area contributed by atoms with Crippen LogP contribution in [0.5, 0.6) is 11.8 Å². The van der Waals surface area contributed by atoms with Crippen molar-refractivity contribution < 1.29 is 42.8 Å². The molecule has 5 aromatic heterocycles. The number of aliphatic imine (C=N–C) groups is 1. The number of amides is 1. The van der Waals surface area contributed by atoms with E-state index in [1.165, 1.54) is 17.5 Å². The lowest BCUT2D eigenvalue weighted by atomic mass is 9.88. The summed E-state index contributed by atoms with van der Waals surface area (Å²) in [7, 11) is 0. The van der Waals surface area contributed by atoms with Crippen molar-refractivity contribution in [2.45, 2.75) is 112 Å². The summed E-state index contributed by atoms with van der Waals surface area (Å²) in [6.07, 6.45) is 14.4. The van der Waals surface area contributed by atoms with E-state index in [-0.39, 0.29) is 60.8 Å². The number of nitrogens with one attached hydrogen (secondary N) is 2. The molecule has 4 aliphatic heterocycles. The number of aliphatic hydroxyl groups is 2. The highest BCUT2D eigenvalue weighted by Crippen LogP contribution is 2.43. The van der Waals surface area contributed by atoms with Gasteiger partial charge in [-0.15, -0.1) is 0 Å². The minimum Gasteiger partial charge on any atom is -0.471 e. The molecule has 0 unspecified atom stereocenters. The molecule has 27 nitrogen and oxygen atoms in total. The van der Waals surface area contributed by atoms with Crippen molar-refractivity contribution in [1.29, 1.82) is 10.5 Å². The smallest absolute Gasteiger partial charge is 0.407 e. The lowest BCUT2D eigenvalue weighted by Crippen LogP contribution is -2.47. The molecular weight excluding hydrogens is 1490 g/mol. The number of nitrogens with two attached hydrogens (primary N) is 3. The number of benzene rings is 7. The number of aromatic nitrogens is 8. The monoisotopic (exact) mass is 1580 g/mol. The Morgan fingerprint density at radius 3 is 1.53 bits per heavy atom. The molecule has 0 spiro atoms. The molecule has 0 saturated carbocycles. The third-order valence-corrected chi connectivity index (χ3v) is 20.4. The van der Waals surface area contributed by atoms with Crippen molar-refractivity contribution >= 4 is 127 Å². The van der Waals surface area contributed by atoms with E-state index in [1.54, 1.807) is 18.4 Å². The first-order valence-electron chi connectivity index (χ1n) is 38.5. The van der Waals surface area contributed by atoms with Crippen LogP contribution in [0.1, 0.15) is 140 Å². The van der Waals surface area contributed by atoms with Gasteiger partial charge < -0.3 is 75.5 Å². The molecule has 0 bridgehead atoms. The van der Waals surface area contributed by atoms with E-state index in [2.05, 4.69) is 176 Å². The van der Waals surface area contributed by atoms with E-state index in [0.717, 1.165) is 90.2 Å². The van der Waals surface area contributed by atoms with E-state index >= 15 is 0 Å². The molecule has 16 rings (SSSR count). The lowest BCUT2D eigenvalue weighted by Gasteiger charge is -2.43. The molecule has 0 saturated heterocycles. The van der Waals surface area contributed by atoms with Crippen LogP contribution in [0.2, 0.25) is 0 Å². The number of aliphatic hydroxyl groups excluding tert-OH is 2. The first-order valence-corrected chi connectivity index (χ1v) is 38.5. The summed E-state index contributed by atoms with van der Waals surface area (Å²) < 4.78 is 28.8. The van der Waals surface area contributed by atoms with E-state index in [9.17, 15) is 30.3 Å². The number of nitrogen functional groups attached to an aromatic ring is 2. The fraction of sp³-hybridized carbons (Fsp3) is 0.253. The fourth-order valence-corrected chi connectivity index (χ4v) is 14.9. The molecule has 1 amide bonds. The lowest BCUT2D eigenvalue weighted by molar-refractivity contribution is 0.112. The van der Waals surface area contributed by atoms with Crippen LogP contribution in [-0.4, -0.2) is 125 Å². The van der Waals surface area contributed by atoms with Crippen LogP contribution in [0, 0.1) is 22.7 Å². The van der Waals surface area contributed by atoms with Crippen molar-refractivity contribution in [3.8, 4) is 23.9 Å². The Morgan fingerprint density at radius 1 is 0.585 bits per heavy atom. The zero-order valence-electron chi connectivity index (χ0n) is 67.1. The Labute approximate surface area is 682 Å². The number of hydrogen-bond donors (Lipinski definition) is 7. The molecule has 0 atom stereocenters. The third-order valence-electron chi connectivity index (χ3n) is 20.4. The van der Waals surface area contributed by atoms with Crippen molar-refractivity contribution in [2.24, 2.45) is 10.7 Å². The summed E-state index contributed by atoms with van der Waals surface area (Å²) in [4.78, 5) is 66.8. The molecule has 118 heavy (non-hydrogen) atoms. The van der Waals surface area contributed by atoms with Crippen molar-refractivity contribution in [1.82, 2.24) is 45.2 Å². The van der Waals surface area contributed by atoms with E-state index < -0.39 is 6.09 Å². The van der Waals surface area contributed by atoms with Gasteiger partial charge in [-0.25, -0.2) is 24.7 Å². The van der Waals surface area contributed by atoms with Gasteiger partial charge in [-0.2, -0.15) is 25.5 Å². The normalized spacial score (nSPS) is 14.6. The Kier molecular flexibility index (Phi) is 24.8. The van der Waals surface area contributed by atoms with Crippen LogP contribution < -0.4 is 46.7 Å². The van der Waals surface area contributed by atoms with Gasteiger partial charge >= 0.3 is 6.09 Å². The minimum absolute atomic E-state index is 0.0910. The molecule has 10 N–H and O–H groups in total. The number of ether oxygens (including phenoxy) is 3. The highest BCUT2D eigenvalue weighted by molar-refractivity contribution is 5.93. The number of nitrogens with zero attached hydrogens (tertiary/aromatic N) is 13. The second-order valence-electron chi connectivity index (χ2n) is 30.2. The maximum Gasteiger partial charge on any atom is 0.407 e. The number of alkyl carbamates (subject to hydrolysis) is 1. The molecule has 600 valence electrons. The number of β-amino-alcohol motifs (C(OH)–C–C–N with tert-alkyl or cyclic N) is 2. The van der Waals surface area contributed by atoms with Gasteiger partial charge in [-0.1, -0.05) is 103 Å². The number of carbonyl (C=O) groups excluding carboxylic acids is 2. The maximum absolute atomic E-state index is 12.7. The summed E-state index contributed by atoms with van der Waals surface area (Å²) in [6, 6.07) is 52.8. The molecule has 0 aliphatic carbocycles. The number of oxazole rings is 2. The zero-order valence-corrected chi connectivity index (χ0v) is 67.1. The van der Waals surface area contributed by atoms with Crippen molar-refractivity contribution in [3.63, 3.8) is 0 Å². The quantitative estimate of drug-likeness (QED) is 0.0259. The molecular formula is C91H92N18O9. The van der Waals surface area contributed by atoms with Crippen LogP contribution in [0.3, 0.4) is 0 Å². The summed E-state index contributed by atoms with van der Waals surface area (Å²) in [5.74, 6) is 1.66.